The molecule has 188 valence electrons. The Kier molecular flexibility index (Phi) is 6.86. The molecule has 2 aromatic carbocycles. The number of benzene rings is 2. The zero-order valence-corrected chi connectivity index (χ0v) is 19.1. The molecular formula is C24H26O11. The van der Waals surface area contributed by atoms with Crippen molar-refractivity contribution in [2.75, 3.05) is 6.61 Å². The molecule has 0 atom stereocenters. The maximum absolute atomic E-state index is 12.6. The van der Waals surface area contributed by atoms with Gasteiger partial charge >= 0.3 is 24.9 Å². The number of aliphatic hydroxyl groups excluding tert-OH is 2. The monoisotopic (exact) mass is 490 g/mol. The van der Waals surface area contributed by atoms with Crippen molar-refractivity contribution in [2.24, 2.45) is 5.41 Å². The summed E-state index contributed by atoms with van der Waals surface area (Å²) in [6.45, 7) is -1.06. The first-order chi connectivity index (χ1) is 16.6. The molecule has 0 saturated heterocycles. The standard InChI is InChI=1S/C24H26O11/c1-12(2)33-21(26)24(7-8-24)11-32-18-15(13-3-4-16-14(9-13)10-31-20(16)25)5-6-17(34-22(27)28)19(18)35-23(29)30/h3-6,9,12,22-23,27-30H,7-8,10-11H2,1-2H3. The largest absolute Gasteiger partial charge is 0.488 e. The Bertz CT molecular complexity index is 1120. The number of fused-ring (bicyclic) bond motifs is 1. The fraction of sp³-hybridized carbons (Fsp3) is 0.417. The topological polar surface area (TPSA) is 161 Å². The van der Waals surface area contributed by atoms with E-state index in [1.54, 1.807) is 32.0 Å². The van der Waals surface area contributed by atoms with Crippen LogP contribution in [0.2, 0.25) is 0 Å². The second-order valence-electron chi connectivity index (χ2n) is 8.63. The van der Waals surface area contributed by atoms with Crippen molar-refractivity contribution in [2.45, 2.75) is 52.4 Å². The first kappa shape index (κ1) is 24.7. The first-order valence-corrected chi connectivity index (χ1v) is 11.0. The Morgan fingerprint density at radius 1 is 1.00 bits per heavy atom. The van der Waals surface area contributed by atoms with Crippen LogP contribution in [-0.4, -0.2) is 58.0 Å². The average molecular weight is 490 g/mol. The Morgan fingerprint density at radius 3 is 2.31 bits per heavy atom. The van der Waals surface area contributed by atoms with Gasteiger partial charge in [-0.3, -0.25) is 4.79 Å². The van der Waals surface area contributed by atoms with E-state index in [1.165, 1.54) is 12.1 Å². The molecule has 2 aromatic rings. The van der Waals surface area contributed by atoms with Gasteiger partial charge in [0, 0.05) is 11.1 Å². The number of cyclic esters (lactones) is 1. The Labute approximate surface area is 200 Å². The number of hydrogen-bond donors (Lipinski definition) is 4. The summed E-state index contributed by atoms with van der Waals surface area (Å²) >= 11 is 0. The fourth-order valence-corrected chi connectivity index (χ4v) is 3.75. The number of aliphatic hydroxyl groups is 4. The summed E-state index contributed by atoms with van der Waals surface area (Å²) in [4.78, 5) is 24.4. The Morgan fingerprint density at radius 2 is 1.69 bits per heavy atom. The summed E-state index contributed by atoms with van der Waals surface area (Å²) in [7, 11) is 0. The van der Waals surface area contributed by atoms with Crippen LogP contribution in [0.4, 0.5) is 0 Å². The highest BCUT2D eigenvalue weighted by Crippen LogP contribution is 2.50. The highest BCUT2D eigenvalue weighted by Gasteiger charge is 2.53. The van der Waals surface area contributed by atoms with E-state index in [4.69, 9.17) is 23.7 Å². The van der Waals surface area contributed by atoms with Crippen LogP contribution in [0, 0.1) is 5.41 Å². The summed E-state index contributed by atoms with van der Waals surface area (Å²) in [5.74, 6) is -1.46. The van der Waals surface area contributed by atoms with E-state index >= 15 is 0 Å². The van der Waals surface area contributed by atoms with Crippen LogP contribution in [0.1, 0.15) is 42.6 Å². The van der Waals surface area contributed by atoms with Gasteiger partial charge in [0.2, 0.25) is 5.75 Å². The van der Waals surface area contributed by atoms with Crippen LogP contribution in [0.25, 0.3) is 11.1 Å². The van der Waals surface area contributed by atoms with Crippen molar-refractivity contribution >= 4 is 11.9 Å². The lowest BCUT2D eigenvalue weighted by Gasteiger charge is -2.23. The summed E-state index contributed by atoms with van der Waals surface area (Å²) in [6.07, 6.45) is 0.769. The van der Waals surface area contributed by atoms with E-state index in [0.717, 1.165) is 0 Å². The van der Waals surface area contributed by atoms with Crippen molar-refractivity contribution < 1.29 is 53.7 Å². The maximum atomic E-state index is 12.6. The van der Waals surface area contributed by atoms with Gasteiger partial charge in [-0.1, -0.05) is 6.07 Å². The highest BCUT2D eigenvalue weighted by atomic mass is 16.8. The van der Waals surface area contributed by atoms with Crippen LogP contribution >= 0.6 is 0 Å². The summed E-state index contributed by atoms with van der Waals surface area (Å²) in [5, 5.41) is 37.6. The van der Waals surface area contributed by atoms with Crippen LogP contribution in [0.15, 0.2) is 30.3 Å². The molecule has 4 N–H and O–H groups in total. The predicted octanol–water partition coefficient (Wildman–Crippen LogP) is 1.43. The summed E-state index contributed by atoms with van der Waals surface area (Å²) in [5.41, 5.74) is 1.17. The molecule has 11 nitrogen and oxygen atoms in total. The van der Waals surface area contributed by atoms with E-state index in [2.05, 4.69) is 0 Å². The van der Waals surface area contributed by atoms with Gasteiger partial charge in [0.15, 0.2) is 11.5 Å². The number of hydrogen-bond acceptors (Lipinski definition) is 11. The summed E-state index contributed by atoms with van der Waals surface area (Å²) in [6, 6.07) is 7.82. The minimum Gasteiger partial charge on any atom is -0.488 e. The molecule has 0 bridgehead atoms. The molecule has 35 heavy (non-hydrogen) atoms. The van der Waals surface area contributed by atoms with Crippen molar-refractivity contribution in [3.63, 3.8) is 0 Å². The van der Waals surface area contributed by atoms with Crippen LogP contribution < -0.4 is 14.2 Å². The van der Waals surface area contributed by atoms with Crippen molar-refractivity contribution in [1.82, 2.24) is 0 Å². The lowest BCUT2D eigenvalue weighted by Crippen LogP contribution is -2.28. The third-order valence-electron chi connectivity index (χ3n) is 5.65. The molecule has 4 rings (SSSR count). The zero-order valence-electron chi connectivity index (χ0n) is 19.1. The molecule has 2 aliphatic rings. The SMILES string of the molecule is CC(C)OC(=O)C1(COc2c(-c3ccc4c(c3)COC4=O)ccc(OC(O)O)c2OC(O)O)CC1. The third kappa shape index (κ3) is 5.33. The Balaban J connectivity index is 1.76. The van der Waals surface area contributed by atoms with Gasteiger partial charge in [-0.25, -0.2) is 4.79 Å². The van der Waals surface area contributed by atoms with E-state index in [0.29, 0.717) is 35.1 Å². The number of carbonyl (C=O) groups excluding carboxylic acids is 2. The molecule has 0 unspecified atom stereocenters. The van der Waals surface area contributed by atoms with E-state index in [9.17, 15) is 30.0 Å². The third-order valence-corrected chi connectivity index (χ3v) is 5.65. The molecule has 11 heteroatoms. The molecule has 0 radical (unpaired) electrons. The van der Waals surface area contributed by atoms with Gasteiger partial charge in [0.25, 0.3) is 0 Å². The van der Waals surface area contributed by atoms with E-state index in [1.807, 2.05) is 0 Å². The molecule has 1 heterocycles. The number of rotatable bonds is 10. The lowest BCUT2D eigenvalue weighted by atomic mass is 9.99. The van der Waals surface area contributed by atoms with Crippen molar-refractivity contribution in [1.29, 1.82) is 0 Å². The molecule has 0 aromatic heterocycles. The van der Waals surface area contributed by atoms with Crippen LogP contribution in [0.5, 0.6) is 17.2 Å². The minimum atomic E-state index is -2.29. The minimum absolute atomic E-state index is 0.0370. The summed E-state index contributed by atoms with van der Waals surface area (Å²) < 4.78 is 26.5. The van der Waals surface area contributed by atoms with Gasteiger partial charge in [0.1, 0.15) is 18.6 Å². The average Bonchev–Trinajstić information content (AvgIpc) is 3.49. The molecule has 0 amide bonds. The van der Waals surface area contributed by atoms with Gasteiger partial charge in [0.05, 0.1) is 11.7 Å². The molecule has 1 aliphatic carbocycles. The lowest BCUT2D eigenvalue weighted by molar-refractivity contribution is -0.193. The van der Waals surface area contributed by atoms with Gasteiger partial charge in [-0.15, -0.1) is 0 Å². The second kappa shape index (κ2) is 9.70. The van der Waals surface area contributed by atoms with Gasteiger partial charge in [-0.2, -0.15) is 0 Å². The van der Waals surface area contributed by atoms with E-state index < -0.39 is 30.3 Å². The van der Waals surface area contributed by atoms with Crippen LogP contribution in [0.3, 0.4) is 0 Å². The molecule has 1 saturated carbocycles. The Hall–Kier alpha value is -3.38. The molecule has 1 aliphatic heterocycles. The molecular weight excluding hydrogens is 464 g/mol. The number of carbonyl (C=O) groups is 2. The van der Waals surface area contributed by atoms with E-state index in [-0.39, 0.29) is 36.6 Å². The van der Waals surface area contributed by atoms with Crippen molar-refractivity contribution in [3.8, 4) is 28.4 Å². The number of esters is 2. The van der Waals surface area contributed by atoms with Crippen LogP contribution in [-0.2, 0) is 20.9 Å². The van der Waals surface area contributed by atoms with Gasteiger partial charge < -0.3 is 44.1 Å². The molecule has 0 spiro atoms. The first-order valence-electron chi connectivity index (χ1n) is 11.0. The maximum Gasteiger partial charge on any atom is 0.338 e. The number of ether oxygens (including phenoxy) is 5. The van der Waals surface area contributed by atoms with Crippen molar-refractivity contribution in [3.05, 3.63) is 41.5 Å². The fourth-order valence-electron chi connectivity index (χ4n) is 3.75. The second-order valence-corrected chi connectivity index (χ2v) is 8.63. The molecule has 1 fully saturated rings. The highest BCUT2D eigenvalue weighted by molar-refractivity contribution is 5.94. The zero-order chi connectivity index (χ0) is 25.3. The smallest absolute Gasteiger partial charge is 0.338 e. The predicted molar refractivity (Wildman–Crippen MR) is 117 cm³/mol. The van der Waals surface area contributed by atoms with Gasteiger partial charge in [-0.05, 0) is 56.5 Å². The normalized spacial score (nSPS) is 15.7. The quantitative estimate of drug-likeness (QED) is 0.282.